The smallest absolute Gasteiger partial charge is 0.164 e. The second-order valence-corrected chi connectivity index (χ2v) is 10.2. The van der Waals surface area contributed by atoms with Crippen LogP contribution in [0.3, 0.4) is 0 Å². The average Bonchev–Trinajstić information content (AvgIpc) is 1.88. The second kappa shape index (κ2) is 4.28. The van der Waals surface area contributed by atoms with E-state index in [2.05, 4.69) is 18.8 Å². The summed E-state index contributed by atoms with van der Waals surface area (Å²) in [6, 6.07) is 2.16. The lowest BCUT2D eigenvalue weighted by molar-refractivity contribution is 0.334. The number of nitrogens with one attached hydrogen (secondary N) is 1. The molecule has 1 N–H and O–H groups in total. The van der Waals surface area contributed by atoms with Crippen molar-refractivity contribution in [2.75, 3.05) is 6.61 Å². The highest BCUT2D eigenvalue weighted by atomic mass is 29.2. The van der Waals surface area contributed by atoms with Gasteiger partial charge in [-0.05, 0) is 18.5 Å². The third-order valence-electron chi connectivity index (χ3n) is 1.73. The molecule has 0 radical (unpaired) electrons. The maximum Gasteiger partial charge on any atom is 0.164 e. The van der Waals surface area contributed by atoms with Gasteiger partial charge in [-0.3, -0.25) is 0 Å². The van der Waals surface area contributed by atoms with E-state index in [0.717, 1.165) is 6.61 Å². The van der Waals surface area contributed by atoms with Gasteiger partial charge in [-0.1, -0.05) is 13.8 Å². The summed E-state index contributed by atoms with van der Waals surface area (Å²) in [6.07, 6.45) is 1.31. The number of hydrogen-bond acceptors (Lipinski definition) is 2. The van der Waals surface area contributed by atoms with E-state index < -0.39 is 8.48 Å². The van der Waals surface area contributed by atoms with Crippen molar-refractivity contribution >= 4 is 17.8 Å². The van der Waals surface area contributed by atoms with Crippen LogP contribution in [-0.2, 0) is 4.43 Å². The van der Waals surface area contributed by atoms with Gasteiger partial charge < -0.3 is 9.41 Å². The van der Waals surface area contributed by atoms with Gasteiger partial charge in [0.05, 0.1) is 0 Å². The first kappa shape index (κ1) is 8.45. The minimum absolute atomic E-state index is 0.0925. The van der Waals surface area contributed by atoms with Gasteiger partial charge in [0.2, 0.25) is 0 Å². The SMILES string of the molecule is CC(C)N[SiH]1CCCO[SiH2]1. The molecule has 1 saturated heterocycles. The summed E-state index contributed by atoms with van der Waals surface area (Å²) in [7, 11) is -0.610. The van der Waals surface area contributed by atoms with Gasteiger partial charge in [0.1, 0.15) is 8.48 Å². The molecule has 0 aromatic rings. The molecule has 1 aliphatic heterocycles. The first-order valence-corrected chi connectivity index (χ1v) is 9.36. The number of hydrogen-bond donors (Lipinski definition) is 1. The van der Waals surface area contributed by atoms with Gasteiger partial charge in [-0.25, -0.2) is 0 Å². The molecule has 1 rings (SSSR count). The third-order valence-corrected chi connectivity index (χ3v) is 8.75. The minimum atomic E-state index is -0.517. The largest absolute Gasteiger partial charge is 0.426 e. The van der Waals surface area contributed by atoms with Crippen LogP contribution in [0, 0.1) is 0 Å². The fourth-order valence-corrected chi connectivity index (χ4v) is 8.45. The van der Waals surface area contributed by atoms with Crippen molar-refractivity contribution in [3.63, 3.8) is 0 Å². The third kappa shape index (κ3) is 2.96. The standard InChI is InChI=1S/C6H17NOSi2/c1-6(2)7-10-5-3-4-8-9-10/h6-7,10H,3-5,9H2,1-2H3. The van der Waals surface area contributed by atoms with Crippen LogP contribution in [0.25, 0.3) is 0 Å². The van der Waals surface area contributed by atoms with E-state index >= 15 is 0 Å². The van der Waals surface area contributed by atoms with Crippen LogP contribution in [0.15, 0.2) is 0 Å². The Labute approximate surface area is 66.8 Å². The van der Waals surface area contributed by atoms with E-state index in [4.69, 9.17) is 4.43 Å². The van der Waals surface area contributed by atoms with Gasteiger partial charge in [-0.15, -0.1) is 0 Å². The predicted octanol–water partition coefficient (Wildman–Crippen LogP) is -0.291. The molecule has 1 aliphatic rings. The van der Waals surface area contributed by atoms with Gasteiger partial charge in [0.15, 0.2) is 9.28 Å². The molecule has 1 atom stereocenters. The zero-order valence-corrected chi connectivity index (χ0v) is 9.46. The Hall–Kier alpha value is 0.354. The van der Waals surface area contributed by atoms with Crippen molar-refractivity contribution in [2.45, 2.75) is 32.4 Å². The monoisotopic (exact) mass is 175 g/mol. The van der Waals surface area contributed by atoms with Gasteiger partial charge in [-0.2, -0.15) is 0 Å². The minimum Gasteiger partial charge on any atom is -0.426 e. The first-order chi connectivity index (χ1) is 4.79. The van der Waals surface area contributed by atoms with E-state index in [1.807, 2.05) is 0 Å². The topological polar surface area (TPSA) is 21.3 Å². The summed E-state index contributed by atoms with van der Waals surface area (Å²) in [5.74, 6) is 0. The lowest BCUT2D eigenvalue weighted by atomic mass is 10.4. The average molecular weight is 175 g/mol. The molecular formula is C6H17NOSi2. The molecule has 0 bridgehead atoms. The highest BCUT2D eigenvalue weighted by molar-refractivity contribution is 7.08. The summed E-state index contributed by atoms with van der Waals surface area (Å²) >= 11 is 0. The molecule has 2 nitrogen and oxygen atoms in total. The highest BCUT2D eigenvalue weighted by Crippen LogP contribution is 2.02. The van der Waals surface area contributed by atoms with Gasteiger partial charge in [0, 0.05) is 6.61 Å². The van der Waals surface area contributed by atoms with Crippen molar-refractivity contribution in [1.82, 2.24) is 4.98 Å². The zero-order valence-electron chi connectivity index (χ0n) is 6.89. The quantitative estimate of drug-likeness (QED) is 0.582. The fourth-order valence-electron chi connectivity index (χ4n) is 1.34. The molecule has 4 heteroatoms. The molecule has 10 heavy (non-hydrogen) atoms. The Kier molecular flexibility index (Phi) is 3.61. The summed E-state index contributed by atoms with van der Waals surface area (Å²) in [6.45, 7) is 5.52. The lowest BCUT2D eigenvalue weighted by Gasteiger charge is -2.23. The van der Waals surface area contributed by atoms with E-state index in [1.54, 1.807) is 0 Å². The Morgan fingerprint density at radius 3 is 2.90 bits per heavy atom. The van der Waals surface area contributed by atoms with Crippen molar-refractivity contribution in [3.8, 4) is 0 Å². The van der Waals surface area contributed by atoms with Crippen molar-refractivity contribution < 1.29 is 4.43 Å². The Balaban J connectivity index is 2.13. The molecule has 0 aliphatic carbocycles. The maximum absolute atomic E-state index is 5.52. The number of rotatable bonds is 2. The molecule has 1 unspecified atom stereocenters. The van der Waals surface area contributed by atoms with Crippen molar-refractivity contribution in [2.24, 2.45) is 0 Å². The van der Waals surface area contributed by atoms with Crippen LogP contribution in [-0.4, -0.2) is 30.4 Å². The van der Waals surface area contributed by atoms with Crippen LogP contribution < -0.4 is 4.98 Å². The van der Waals surface area contributed by atoms with Crippen LogP contribution in [0.5, 0.6) is 0 Å². The predicted molar refractivity (Wildman–Crippen MR) is 49.3 cm³/mol. The fraction of sp³-hybridized carbons (Fsp3) is 1.00. The van der Waals surface area contributed by atoms with E-state index in [0.29, 0.717) is 6.04 Å². The van der Waals surface area contributed by atoms with E-state index in [1.165, 1.54) is 12.5 Å². The molecule has 1 fully saturated rings. The summed E-state index contributed by atoms with van der Waals surface area (Å²) in [5.41, 5.74) is 0. The molecular weight excluding hydrogens is 158 g/mol. The lowest BCUT2D eigenvalue weighted by Crippen LogP contribution is -2.47. The Morgan fingerprint density at radius 1 is 1.60 bits per heavy atom. The molecule has 60 valence electrons. The molecule has 1 heterocycles. The normalized spacial score (nSPS) is 29.7. The van der Waals surface area contributed by atoms with Crippen LogP contribution in [0.4, 0.5) is 0 Å². The Morgan fingerprint density at radius 2 is 2.40 bits per heavy atom. The first-order valence-electron chi connectivity index (χ1n) is 4.13. The highest BCUT2D eigenvalue weighted by Gasteiger charge is 2.16. The molecule has 0 aromatic heterocycles. The van der Waals surface area contributed by atoms with Crippen molar-refractivity contribution in [3.05, 3.63) is 0 Å². The molecule has 0 aromatic carbocycles. The second-order valence-electron chi connectivity index (χ2n) is 3.24. The van der Waals surface area contributed by atoms with Crippen LogP contribution >= 0.6 is 0 Å². The van der Waals surface area contributed by atoms with Crippen LogP contribution in [0.1, 0.15) is 20.3 Å². The van der Waals surface area contributed by atoms with E-state index in [9.17, 15) is 0 Å². The summed E-state index contributed by atoms with van der Waals surface area (Å²) in [5, 5.41) is 0. The van der Waals surface area contributed by atoms with Gasteiger partial charge >= 0.3 is 0 Å². The molecule has 0 spiro atoms. The Bertz CT molecular complexity index is 93.7. The van der Waals surface area contributed by atoms with Crippen LogP contribution in [0.2, 0.25) is 6.04 Å². The summed E-state index contributed by atoms with van der Waals surface area (Å²) < 4.78 is 5.52. The van der Waals surface area contributed by atoms with Gasteiger partial charge in [0.25, 0.3) is 0 Å². The van der Waals surface area contributed by atoms with Crippen molar-refractivity contribution in [1.29, 1.82) is 0 Å². The van der Waals surface area contributed by atoms with E-state index in [-0.39, 0.29) is 9.28 Å². The maximum atomic E-state index is 5.52. The molecule has 0 amide bonds. The zero-order chi connectivity index (χ0) is 7.40. The summed E-state index contributed by atoms with van der Waals surface area (Å²) in [4.78, 5) is 3.66. The molecule has 0 saturated carbocycles.